The molecule has 0 heterocycles. The molecule has 0 unspecified atom stereocenters. The first-order valence-electron chi connectivity index (χ1n) is 4.79. The Bertz CT molecular complexity index is 408. The molecule has 7 heteroatoms. The van der Waals surface area contributed by atoms with Crippen molar-refractivity contribution in [2.45, 2.75) is 0 Å². The minimum absolute atomic E-state index is 0.110. The van der Waals surface area contributed by atoms with E-state index in [9.17, 15) is 9.90 Å². The van der Waals surface area contributed by atoms with Crippen LogP contribution in [0.15, 0.2) is 12.1 Å². The van der Waals surface area contributed by atoms with Gasteiger partial charge in [-0.1, -0.05) is 0 Å². The lowest BCUT2D eigenvalue weighted by atomic mass is 10.2. The van der Waals surface area contributed by atoms with E-state index in [4.69, 9.17) is 15.6 Å². The Balaban J connectivity index is 2.80. The molecule has 0 aliphatic rings. The number of amides is 1. The van der Waals surface area contributed by atoms with Crippen LogP contribution in [0.1, 0.15) is 0 Å². The molecule has 0 aliphatic heterocycles. The lowest BCUT2D eigenvalue weighted by Gasteiger charge is -2.11. The van der Waals surface area contributed by atoms with Crippen LogP contribution >= 0.6 is 0 Å². The van der Waals surface area contributed by atoms with Crippen molar-refractivity contribution in [1.82, 2.24) is 0 Å². The molecular weight excluding hydrogens is 228 g/mol. The van der Waals surface area contributed by atoms with Crippen molar-refractivity contribution in [3.63, 3.8) is 0 Å². The van der Waals surface area contributed by atoms with Crippen LogP contribution in [0.4, 0.5) is 16.2 Å². The van der Waals surface area contributed by atoms with E-state index in [1.54, 1.807) is 0 Å². The number of aromatic hydroxyl groups is 1. The van der Waals surface area contributed by atoms with E-state index in [0.29, 0.717) is 5.75 Å². The molecule has 0 fully saturated rings. The van der Waals surface area contributed by atoms with E-state index in [1.807, 2.05) is 0 Å². The number of phenolic OH excluding ortho intramolecular Hbond substituents is 1. The van der Waals surface area contributed by atoms with Crippen LogP contribution in [-0.4, -0.2) is 36.6 Å². The summed E-state index contributed by atoms with van der Waals surface area (Å²) >= 11 is 0. The third-order valence-electron chi connectivity index (χ3n) is 1.91. The molecule has 0 aliphatic carbocycles. The number of nitrogen functional groups attached to an aromatic ring is 1. The molecule has 1 rings (SSSR count). The molecule has 5 N–H and O–H groups in total. The van der Waals surface area contributed by atoms with Gasteiger partial charge in [0.05, 0.1) is 25.1 Å². The number of carbonyl (C=O) groups is 1. The van der Waals surface area contributed by atoms with E-state index >= 15 is 0 Å². The van der Waals surface area contributed by atoms with Crippen molar-refractivity contribution < 1.29 is 24.5 Å². The molecule has 0 aromatic heterocycles. The Hall–Kier alpha value is -2.15. The summed E-state index contributed by atoms with van der Waals surface area (Å²) in [5, 5.41) is 20.3. The predicted molar refractivity (Wildman–Crippen MR) is 61.1 cm³/mol. The zero-order chi connectivity index (χ0) is 12.8. The number of hydrogen-bond donors (Lipinski definition) is 4. The Morgan fingerprint density at radius 1 is 1.53 bits per heavy atom. The van der Waals surface area contributed by atoms with Crippen LogP contribution in [0, 0.1) is 0 Å². The molecule has 1 aromatic rings. The number of aliphatic hydroxyl groups excluding tert-OH is 1. The fourth-order valence-corrected chi connectivity index (χ4v) is 1.15. The third kappa shape index (κ3) is 3.42. The highest BCUT2D eigenvalue weighted by molar-refractivity contribution is 5.88. The topological polar surface area (TPSA) is 114 Å². The highest BCUT2D eigenvalue weighted by Crippen LogP contribution is 2.33. The van der Waals surface area contributed by atoms with Crippen molar-refractivity contribution in [3.05, 3.63) is 12.1 Å². The van der Waals surface area contributed by atoms with Gasteiger partial charge in [0.2, 0.25) is 0 Å². The molecule has 1 aromatic carbocycles. The van der Waals surface area contributed by atoms with Crippen LogP contribution in [0.3, 0.4) is 0 Å². The van der Waals surface area contributed by atoms with Crippen LogP contribution < -0.4 is 15.8 Å². The predicted octanol–water partition coefficient (Wildman–Crippen LogP) is 0.524. The number of hydrogen-bond acceptors (Lipinski definition) is 6. The average Bonchev–Trinajstić information content (AvgIpc) is 2.30. The molecule has 0 bridgehead atoms. The normalized spacial score (nSPS) is 9.76. The number of rotatable bonds is 4. The van der Waals surface area contributed by atoms with Crippen LogP contribution in [-0.2, 0) is 4.74 Å². The van der Waals surface area contributed by atoms with Gasteiger partial charge >= 0.3 is 6.09 Å². The van der Waals surface area contributed by atoms with E-state index in [2.05, 4.69) is 10.1 Å². The largest absolute Gasteiger partial charge is 0.506 e. The molecule has 0 saturated heterocycles. The van der Waals surface area contributed by atoms with E-state index in [-0.39, 0.29) is 30.3 Å². The lowest BCUT2D eigenvalue weighted by Crippen LogP contribution is -2.16. The molecule has 0 atom stereocenters. The standard InChI is InChI=1S/C10H14N2O5/c1-16-9-5-7(8(14)4-6(9)11)12-10(15)17-3-2-13/h4-5,13-14H,2-3,11H2,1H3,(H,12,15). The van der Waals surface area contributed by atoms with E-state index < -0.39 is 6.09 Å². The second kappa shape index (κ2) is 5.80. The number of aliphatic hydroxyl groups is 1. The number of ether oxygens (including phenoxy) is 2. The number of nitrogens with one attached hydrogen (secondary N) is 1. The summed E-state index contributed by atoms with van der Waals surface area (Å²) in [6.45, 7) is -0.400. The van der Waals surface area contributed by atoms with Gasteiger partial charge in [0, 0.05) is 12.1 Å². The summed E-state index contributed by atoms with van der Waals surface area (Å²) in [5.74, 6) is 0.115. The minimum Gasteiger partial charge on any atom is -0.506 e. The van der Waals surface area contributed by atoms with Crippen LogP contribution in [0.2, 0.25) is 0 Å². The Labute approximate surface area is 97.8 Å². The highest BCUT2D eigenvalue weighted by atomic mass is 16.6. The molecule has 7 nitrogen and oxygen atoms in total. The minimum atomic E-state index is -0.791. The van der Waals surface area contributed by atoms with Gasteiger partial charge in [-0.2, -0.15) is 0 Å². The highest BCUT2D eigenvalue weighted by Gasteiger charge is 2.11. The number of carbonyl (C=O) groups excluding carboxylic acids is 1. The van der Waals surface area contributed by atoms with Gasteiger partial charge in [-0.25, -0.2) is 4.79 Å². The Kier molecular flexibility index (Phi) is 4.41. The maximum Gasteiger partial charge on any atom is 0.411 e. The van der Waals surface area contributed by atoms with Crippen molar-refractivity contribution in [2.24, 2.45) is 0 Å². The second-order valence-electron chi connectivity index (χ2n) is 3.10. The maximum absolute atomic E-state index is 11.2. The van der Waals surface area contributed by atoms with Crippen molar-refractivity contribution >= 4 is 17.5 Å². The number of methoxy groups -OCH3 is 1. The van der Waals surface area contributed by atoms with Crippen LogP contribution in [0.5, 0.6) is 11.5 Å². The first-order valence-corrected chi connectivity index (χ1v) is 4.79. The maximum atomic E-state index is 11.2. The van der Waals surface area contributed by atoms with Crippen LogP contribution in [0.25, 0.3) is 0 Å². The van der Waals surface area contributed by atoms with Gasteiger partial charge in [-0.3, -0.25) is 5.32 Å². The lowest BCUT2D eigenvalue weighted by molar-refractivity contribution is 0.131. The van der Waals surface area contributed by atoms with Crippen molar-refractivity contribution in [1.29, 1.82) is 0 Å². The smallest absolute Gasteiger partial charge is 0.411 e. The molecule has 0 radical (unpaired) electrons. The van der Waals surface area contributed by atoms with Crippen molar-refractivity contribution in [3.8, 4) is 11.5 Å². The Morgan fingerprint density at radius 2 is 2.24 bits per heavy atom. The number of benzene rings is 1. The monoisotopic (exact) mass is 242 g/mol. The molecule has 0 spiro atoms. The van der Waals surface area contributed by atoms with Gasteiger partial charge in [0.15, 0.2) is 0 Å². The summed E-state index contributed by atoms with van der Waals surface area (Å²) in [6, 6.07) is 2.62. The average molecular weight is 242 g/mol. The van der Waals surface area contributed by atoms with Gasteiger partial charge < -0.3 is 25.4 Å². The summed E-state index contributed by atoms with van der Waals surface area (Å²) in [5.41, 5.74) is 5.91. The first-order chi connectivity index (χ1) is 8.08. The van der Waals surface area contributed by atoms with Gasteiger partial charge in [0.1, 0.15) is 18.1 Å². The second-order valence-corrected chi connectivity index (χ2v) is 3.10. The quantitative estimate of drug-likeness (QED) is 0.452. The number of phenols is 1. The van der Waals surface area contributed by atoms with Gasteiger partial charge in [-0.15, -0.1) is 0 Å². The van der Waals surface area contributed by atoms with E-state index in [0.717, 1.165) is 0 Å². The number of nitrogens with two attached hydrogens (primary N) is 1. The van der Waals surface area contributed by atoms with Gasteiger partial charge in [0.25, 0.3) is 0 Å². The molecular formula is C10H14N2O5. The van der Waals surface area contributed by atoms with E-state index in [1.165, 1.54) is 19.2 Å². The SMILES string of the molecule is COc1cc(NC(=O)OCCO)c(O)cc1N. The zero-order valence-electron chi connectivity index (χ0n) is 9.27. The summed E-state index contributed by atoms with van der Waals surface area (Å²) in [4.78, 5) is 11.2. The molecule has 0 saturated carbocycles. The summed E-state index contributed by atoms with van der Waals surface area (Å²) in [6.07, 6.45) is -0.791. The van der Waals surface area contributed by atoms with Gasteiger partial charge in [-0.05, 0) is 0 Å². The fourth-order valence-electron chi connectivity index (χ4n) is 1.15. The molecule has 17 heavy (non-hydrogen) atoms. The van der Waals surface area contributed by atoms with Crippen molar-refractivity contribution in [2.75, 3.05) is 31.4 Å². The molecule has 1 amide bonds. The molecule has 94 valence electrons. The summed E-state index contributed by atoms with van der Waals surface area (Å²) in [7, 11) is 1.41. The Morgan fingerprint density at radius 3 is 2.82 bits per heavy atom. The fraction of sp³-hybridized carbons (Fsp3) is 0.300. The first kappa shape index (κ1) is 12.9. The zero-order valence-corrected chi connectivity index (χ0v) is 9.27. The third-order valence-corrected chi connectivity index (χ3v) is 1.91. The summed E-state index contributed by atoms with van der Waals surface area (Å²) < 4.78 is 9.51. The number of anilines is 2.